The van der Waals surface area contributed by atoms with Crippen LogP contribution in [0.25, 0.3) is 0 Å². The van der Waals surface area contributed by atoms with Gasteiger partial charge in [0.05, 0.1) is 11.1 Å². The van der Waals surface area contributed by atoms with Gasteiger partial charge in [-0.25, -0.2) is 5.43 Å². The number of halogens is 1. The Balaban J connectivity index is 2.16. The Morgan fingerprint density at radius 3 is 2.84 bits per heavy atom. The lowest BCUT2D eigenvalue weighted by atomic mass is 10.2. The molecule has 2 rings (SSSR count). The van der Waals surface area contributed by atoms with Crippen molar-refractivity contribution in [3.63, 3.8) is 0 Å². The Bertz CT molecular complexity index is 836. The zero-order valence-corrected chi connectivity index (χ0v) is 14.6. The van der Waals surface area contributed by atoms with Crippen LogP contribution in [0.2, 0.25) is 0 Å². The molecule has 0 atom stereocenters. The molecule has 0 bridgehead atoms. The van der Waals surface area contributed by atoms with Crippen molar-refractivity contribution in [2.24, 2.45) is 5.10 Å². The topological polar surface area (TPSA) is 93.8 Å². The maximum atomic E-state index is 12.1. The van der Waals surface area contributed by atoms with Gasteiger partial charge in [-0.1, -0.05) is 40.7 Å². The van der Waals surface area contributed by atoms with Crippen molar-refractivity contribution in [1.82, 2.24) is 5.43 Å². The Hall–Kier alpha value is -3.00. The number of hydrazone groups is 1. The van der Waals surface area contributed by atoms with E-state index in [0.29, 0.717) is 17.9 Å². The number of benzene rings is 2. The fourth-order valence-electron chi connectivity index (χ4n) is 1.95. The molecule has 2 aromatic rings. The first-order valence-electron chi connectivity index (χ1n) is 7.13. The van der Waals surface area contributed by atoms with E-state index >= 15 is 0 Å². The molecule has 0 spiro atoms. The first kappa shape index (κ1) is 18.3. The predicted octanol–water partition coefficient (Wildman–Crippen LogP) is 3.69. The summed E-state index contributed by atoms with van der Waals surface area (Å²) >= 11 is 3.35. The van der Waals surface area contributed by atoms with E-state index in [-0.39, 0.29) is 11.3 Å². The second-order valence-corrected chi connectivity index (χ2v) is 5.67. The van der Waals surface area contributed by atoms with Crippen LogP contribution in [0, 0.1) is 10.1 Å². The molecule has 0 saturated carbocycles. The Morgan fingerprint density at radius 1 is 1.36 bits per heavy atom. The number of nitrogens with one attached hydrogen (secondary N) is 1. The van der Waals surface area contributed by atoms with Gasteiger partial charge in [0.1, 0.15) is 17.9 Å². The van der Waals surface area contributed by atoms with Crippen LogP contribution in [0.1, 0.15) is 15.9 Å². The summed E-state index contributed by atoms with van der Waals surface area (Å²) < 4.78 is 6.31. The quantitative estimate of drug-likeness (QED) is 0.330. The third kappa shape index (κ3) is 4.98. The number of nitro benzene ring substituents is 1. The largest absolute Gasteiger partial charge is 0.489 e. The number of nitrogens with zero attached hydrogens (tertiary/aromatic N) is 2. The summed E-state index contributed by atoms with van der Waals surface area (Å²) in [4.78, 5) is 22.4. The average molecular weight is 404 g/mol. The normalized spacial score (nSPS) is 10.4. The number of carbonyl (C=O) groups excluding carboxylic acids is 1. The van der Waals surface area contributed by atoms with Gasteiger partial charge in [0, 0.05) is 16.1 Å². The van der Waals surface area contributed by atoms with Gasteiger partial charge in [-0.3, -0.25) is 14.9 Å². The third-order valence-corrected chi connectivity index (χ3v) is 3.54. The summed E-state index contributed by atoms with van der Waals surface area (Å²) in [6.45, 7) is 3.91. The van der Waals surface area contributed by atoms with E-state index in [1.807, 2.05) is 6.07 Å². The molecule has 8 heteroatoms. The number of hydrogen-bond donors (Lipinski definition) is 1. The second-order valence-electron chi connectivity index (χ2n) is 4.76. The lowest BCUT2D eigenvalue weighted by Crippen LogP contribution is -2.19. The standard InChI is InChI=1S/C17H14BrN3O4/c1-2-9-25-16-8-7-13(18)10-12(16)11-19-20-17(22)14-5-3-4-6-15(14)21(23)24/h2-8,10-11H,1,9H2,(H,20,22)/b19-11-. The van der Waals surface area contributed by atoms with Crippen molar-refractivity contribution in [3.8, 4) is 5.75 Å². The van der Waals surface area contributed by atoms with Crippen LogP contribution >= 0.6 is 15.9 Å². The Kier molecular flexibility index (Phi) is 6.41. The lowest BCUT2D eigenvalue weighted by Gasteiger charge is -2.07. The van der Waals surface area contributed by atoms with E-state index in [9.17, 15) is 14.9 Å². The molecule has 0 fully saturated rings. The van der Waals surface area contributed by atoms with Crippen LogP contribution in [0.3, 0.4) is 0 Å². The summed E-state index contributed by atoms with van der Waals surface area (Å²) in [6.07, 6.45) is 3.01. The van der Waals surface area contributed by atoms with E-state index in [1.54, 1.807) is 24.3 Å². The first-order chi connectivity index (χ1) is 12.0. The highest BCUT2D eigenvalue weighted by Gasteiger charge is 2.18. The molecule has 128 valence electrons. The highest BCUT2D eigenvalue weighted by molar-refractivity contribution is 9.10. The van der Waals surface area contributed by atoms with Crippen molar-refractivity contribution in [3.05, 3.63) is 80.8 Å². The van der Waals surface area contributed by atoms with E-state index in [1.165, 1.54) is 24.4 Å². The predicted molar refractivity (Wildman–Crippen MR) is 98.0 cm³/mol. The van der Waals surface area contributed by atoms with Crippen LogP contribution in [0.5, 0.6) is 5.75 Å². The summed E-state index contributed by atoms with van der Waals surface area (Å²) in [5, 5.41) is 14.8. The summed E-state index contributed by atoms with van der Waals surface area (Å²) in [6, 6.07) is 11.0. The molecule has 1 amide bonds. The molecule has 0 aliphatic heterocycles. The molecule has 0 saturated heterocycles. The molecule has 0 unspecified atom stereocenters. The molecular formula is C17H14BrN3O4. The van der Waals surface area contributed by atoms with Gasteiger partial charge in [0.15, 0.2) is 0 Å². The van der Waals surface area contributed by atoms with E-state index < -0.39 is 10.8 Å². The first-order valence-corrected chi connectivity index (χ1v) is 7.92. The second kappa shape index (κ2) is 8.74. The van der Waals surface area contributed by atoms with Gasteiger partial charge in [0.25, 0.3) is 11.6 Å². The van der Waals surface area contributed by atoms with Crippen LogP contribution < -0.4 is 10.2 Å². The molecule has 7 nitrogen and oxygen atoms in total. The Labute approximate surface area is 152 Å². The minimum Gasteiger partial charge on any atom is -0.489 e. The average Bonchev–Trinajstić information content (AvgIpc) is 2.61. The van der Waals surface area contributed by atoms with Crippen molar-refractivity contribution < 1.29 is 14.5 Å². The maximum Gasteiger partial charge on any atom is 0.282 e. The van der Waals surface area contributed by atoms with Crippen molar-refractivity contribution in [1.29, 1.82) is 0 Å². The minimum atomic E-state index is -0.674. The molecule has 0 heterocycles. The molecule has 0 aliphatic rings. The van der Waals surface area contributed by atoms with Crippen molar-refractivity contribution in [2.75, 3.05) is 6.61 Å². The number of amides is 1. The van der Waals surface area contributed by atoms with Gasteiger partial charge in [-0.15, -0.1) is 0 Å². The number of hydrogen-bond acceptors (Lipinski definition) is 5. The summed E-state index contributed by atoms with van der Waals surface area (Å²) in [5.74, 6) is -0.112. The van der Waals surface area contributed by atoms with Gasteiger partial charge in [-0.05, 0) is 24.3 Å². The van der Waals surface area contributed by atoms with Crippen LogP contribution in [0.4, 0.5) is 5.69 Å². The van der Waals surface area contributed by atoms with Gasteiger partial charge in [0.2, 0.25) is 0 Å². The molecule has 2 aromatic carbocycles. The summed E-state index contributed by atoms with van der Waals surface area (Å²) in [5.41, 5.74) is 2.55. The molecular weight excluding hydrogens is 390 g/mol. The third-order valence-electron chi connectivity index (χ3n) is 3.04. The molecule has 1 N–H and O–H groups in total. The minimum absolute atomic E-state index is 0.0676. The smallest absolute Gasteiger partial charge is 0.282 e. The van der Waals surface area contributed by atoms with Crippen LogP contribution in [-0.4, -0.2) is 23.7 Å². The van der Waals surface area contributed by atoms with Crippen molar-refractivity contribution in [2.45, 2.75) is 0 Å². The van der Waals surface area contributed by atoms with Gasteiger partial charge < -0.3 is 4.74 Å². The number of rotatable bonds is 7. The van der Waals surface area contributed by atoms with Crippen molar-refractivity contribution >= 4 is 33.7 Å². The molecule has 0 radical (unpaired) electrons. The maximum absolute atomic E-state index is 12.1. The molecule has 25 heavy (non-hydrogen) atoms. The van der Waals surface area contributed by atoms with Gasteiger partial charge in [-0.2, -0.15) is 5.10 Å². The fraction of sp³-hybridized carbons (Fsp3) is 0.0588. The zero-order chi connectivity index (χ0) is 18.2. The Morgan fingerprint density at radius 2 is 2.12 bits per heavy atom. The number of para-hydroxylation sites is 1. The highest BCUT2D eigenvalue weighted by atomic mass is 79.9. The highest BCUT2D eigenvalue weighted by Crippen LogP contribution is 2.22. The number of carbonyl (C=O) groups is 1. The summed E-state index contributed by atoms with van der Waals surface area (Å²) in [7, 11) is 0. The van der Waals surface area contributed by atoms with Crippen LogP contribution in [0.15, 0.2) is 64.7 Å². The fourth-order valence-corrected chi connectivity index (χ4v) is 2.32. The zero-order valence-electron chi connectivity index (χ0n) is 13.0. The van der Waals surface area contributed by atoms with E-state index in [0.717, 1.165) is 4.47 Å². The van der Waals surface area contributed by atoms with E-state index in [4.69, 9.17) is 4.74 Å². The monoisotopic (exact) mass is 403 g/mol. The lowest BCUT2D eigenvalue weighted by molar-refractivity contribution is -0.385. The van der Waals surface area contributed by atoms with Crippen LogP contribution in [-0.2, 0) is 0 Å². The molecule has 0 aromatic heterocycles. The number of nitro groups is 1. The number of ether oxygens (including phenoxy) is 1. The SMILES string of the molecule is C=CCOc1ccc(Br)cc1/C=N\NC(=O)c1ccccc1[N+](=O)[O-]. The molecule has 0 aliphatic carbocycles. The van der Waals surface area contributed by atoms with E-state index in [2.05, 4.69) is 33.0 Å². The van der Waals surface area contributed by atoms with Gasteiger partial charge >= 0.3 is 0 Å².